The number of hydrogen-bond acceptors (Lipinski definition) is 8. The van der Waals surface area contributed by atoms with Gasteiger partial charge in [0.1, 0.15) is 29.4 Å². The van der Waals surface area contributed by atoms with Crippen LogP contribution in [0.5, 0.6) is 17.2 Å². The molecule has 0 spiro atoms. The predicted octanol–water partition coefficient (Wildman–Crippen LogP) is 2.64. The van der Waals surface area contributed by atoms with Crippen LogP contribution < -0.4 is 14.8 Å². The SMILES string of the molecule is CCOc1cc2cc(c1)C(=O)N(C)CC(=O)N[C@H]1CN(CCn3cnnc3C)CC[C@H]1OCc1cccc(c1)O2. The van der Waals surface area contributed by atoms with Crippen molar-refractivity contribution in [2.45, 2.75) is 45.6 Å². The van der Waals surface area contributed by atoms with Gasteiger partial charge in [-0.1, -0.05) is 12.1 Å². The number of nitrogens with zero attached hydrogens (tertiary/aromatic N) is 5. The number of benzene rings is 2. The summed E-state index contributed by atoms with van der Waals surface area (Å²) in [6.07, 6.45) is 2.33. The maximum Gasteiger partial charge on any atom is 0.254 e. The van der Waals surface area contributed by atoms with Crippen LogP contribution in [-0.4, -0.2) is 88.4 Å². The van der Waals surface area contributed by atoms with Crippen LogP contribution in [0.2, 0.25) is 0 Å². The van der Waals surface area contributed by atoms with Gasteiger partial charge < -0.3 is 29.0 Å². The summed E-state index contributed by atoms with van der Waals surface area (Å²) in [5.74, 6) is 1.97. The minimum atomic E-state index is -0.301. The molecule has 2 atom stereocenters. The number of fused-ring (bicyclic) bond motifs is 5. The summed E-state index contributed by atoms with van der Waals surface area (Å²) in [4.78, 5) is 30.2. The molecule has 2 aliphatic heterocycles. The minimum Gasteiger partial charge on any atom is -0.494 e. The highest BCUT2D eigenvalue weighted by molar-refractivity contribution is 5.97. The van der Waals surface area contributed by atoms with Gasteiger partial charge in [0.25, 0.3) is 5.91 Å². The topological polar surface area (TPSA) is 111 Å². The van der Waals surface area contributed by atoms with Gasteiger partial charge in [0.2, 0.25) is 5.91 Å². The van der Waals surface area contributed by atoms with Crippen molar-refractivity contribution in [1.29, 1.82) is 0 Å². The number of piperidine rings is 1. The number of carbonyl (C=O) groups excluding carboxylic acids is 2. The van der Waals surface area contributed by atoms with E-state index in [1.807, 2.05) is 42.7 Å². The monoisotopic (exact) mass is 548 g/mol. The van der Waals surface area contributed by atoms with Crippen LogP contribution in [0.25, 0.3) is 0 Å². The van der Waals surface area contributed by atoms with Crippen molar-refractivity contribution in [2.75, 3.05) is 39.8 Å². The third-order valence-electron chi connectivity index (χ3n) is 7.21. The van der Waals surface area contributed by atoms with E-state index in [9.17, 15) is 9.59 Å². The Hall–Kier alpha value is -3.96. The van der Waals surface area contributed by atoms with Crippen molar-refractivity contribution in [2.24, 2.45) is 0 Å². The number of nitrogens with one attached hydrogen (secondary N) is 1. The van der Waals surface area contributed by atoms with Crippen molar-refractivity contribution in [3.63, 3.8) is 0 Å². The number of likely N-dealkylation sites (tertiary alicyclic amines) is 1. The van der Waals surface area contributed by atoms with Gasteiger partial charge in [0.05, 0.1) is 31.9 Å². The fraction of sp³-hybridized carbons (Fsp3) is 0.448. The summed E-state index contributed by atoms with van der Waals surface area (Å²) in [6.45, 7) is 7.60. The number of likely N-dealkylation sites (N-methyl/N-ethyl adjacent to an activating group) is 1. The molecule has 1 fully saturated rings. The fourth-order valence-electron chi connectivity index (χ4n) is 5.12. The van der Waals surface area contributed by atoms with E-state index >= 15 is 0 Å². The summed E-state index contributed by atoms with van der Waals surface area (Å²) in [5.41, 5.74) is 1.34. The molecule has 0 radical (unpaired) electrons. The first-order valence-corrected chi connectivity index (χ1v) is 13.7. The van der Waals surface area contributed by atoms with Crippen LogP contribution in [0.15, 0.2) is 48.8 Å². The van der Waals surface area contributed by atoms with E-state index in [-0.39, 0.29) is 30.5 Å². The number of aryl methyl sites for hydroxylation is 1. The molecule has 1 N–H and O–H groups in total. The average Bonchev–Trinajstić information content (AvgIpc) is 3.35. The molecule has 3 aromatic rings. The van der Waals surface area contributed by atoms with Crippen molar-refractivity contribution in [1.82, 2.24) is 29.9 Å². The van der Waals surface area contributed by atoms with Gasteiger partial charge >= 0.3 is 0 Å². The van der Waals surface area contributed by atoms with Crippen molar-refractivity contribution in [3.05, 3.63) is 65.7 Å². The van der Waals surface area contributed by atoms with Crippen LogP contribution in [0.4, 0.5) is 0 Å². The smallest absolute Gasteiger partial charge is 0.254 e. The number of amides is 2. The molecule has 212 valence electrons. The molecule has 3 heterocycles. The second-order valence-corrected chi connectivity index (χ2v) is 10.2. The largest absolute Gasteiger partial charge is 0.494 e. The van der Waals surface area contributed by atoms with Crippen molar-refractivity contribution >= 4 is 11.8 Å². The normalized spacial score (nSPS) is 20.4. The second kappa shape index (κ2) is 12.5. The molecule has 2 aromatic carbocycles. The first kappa shape index (κ1) is 27.6. The van der Waals surface area contributed by atoms with Crippen LogP contribution in [0.3, 0.4) is 0 Å². The molecule has 0 aliphatic carbocycles. The predicted molar refractivity (Wildman–Crippen MR) is 147 cm³/mol. The average molecular weight is 549 g/mol. The Morgan fingerprint density at radius 2 is 2.00 bits per heavy atom. The molecular formula is C29H36N6O5. The Bertz CT molecular complexity index is 1340. The summed E-state index contributed by atoms with van der Waals surface area (Å²) < 4.78 is 20.2. The van der Waals surface area contributed by atoms with Gasteiger partial charge in [0.15, 0.2) is 0 Å². The van der Waals surface area contributed by atoms with Gasteiger partial charge in [-0.05, 0) is 50.1 Å². The first-order chi connectivity index (χ1) is 19.4. The number of rotatable bonds is 5. The fourth-order valence-corrected chi connectivity index (χ4v) is 5.12. The zero-order valence-corrected chi connectivity index (χ0v) is 23.2. The zero-order chi connectivity index (χ0) is 28.1. The van der Waals surface area contributed by atoms with E-state index in [2.05, 4.69) is 20.4 Å². The number of hydrogen-bond donors (Lipinski definition) is 1. The van der Waals surface area contributed by atoms with Gasteiger partial charge in [0, 0.05) is 44.9 Å². The van der Waals surface area contributed by atoms with Crippen molar-refractivity contribution < 1.29 is 23.8 Å². The van der Waals surface area contributed by atoms with Crippen molar-refractivity contribution in [3.8, 4) is 17.2 Å². The Morgan fingerprint density at radius 1 is 1.12 bits per heavy atom. The van der Waals surface area contributed by atoms with Crippen LogP contribution >= 0.6 is 0 Å². The summed E-state index contributed by atoms with van der Waals surface area (Å²) >= 11 is 0. The lowest BCUT2D eigenvalue weighted by Gasteiger charge is -2.39. The molecule has 0 unspecified atom stereocenters. The van der Waals surface area contributed by atoms with Gasteiger partial charge in [-0.25, -0.2) is 0 Å². The highest BCUT2D eigenvalue weighted by Gasteiger charge is 2.32. The third-order valence-corrected chi connectivity index (χ3v) is 7.21. The lowest BCUT2D eigenvalue weighted by Crippen LogP contribution is -2.57. The molecule has 11 nitrogen and oxygen atoms in total. The highest BCUT2D eigenvalue weighted by Crippen LogP contribution is 2.29. The molecule has 1 saturated heterocycles. The molecular weight excluding hydrogens is 512 g/mol. The Kier molecular flexibility index (Phi) is 8.61. The Balaban J connectivity index is 1.37. The number of ether oxygens (including phenoxy) is 3. The first-order valence-electron chi connectivity index (χ1n) is 13.7. The highest BCUT2D eigenvalue weighted by atomic mass is 16.5. The number of aromatic nitrogens is 3. The second-order valence-electron chi connectivity index (χ2n) is 10.2. The van der Waals surface area contributed by atoms with E-state index in [1.165, 1.54) is 4.90 Å². The minimum absolute atomic E-state index is 0.0873. The van der Waals surface area contributed by atoms with E-state index in [0.29, 0.717) is 42.6 Å². The maximum absolute atomic E-state index is 13.3. The third kappa shape index (κ3) is 6.78. The molecule has 1 aromatic heterocycles. The van der Waals surface area contributed by atoms with Crippen LogP contribution in [0.1, 0.15) is 35.1 Å². The Labute approximate surface area is 234 Å². The van der Waals surface area contributed by atoms with E-state index < -0.39 is 0 Å². The van der Waals surface area contributed by atoms with Gasteiger partial charge in [-0.15, -0.1) is 10.2 Å². The lowest BCUT2D eigenvalue weighted by atomic mass is 10.0. The Morgan fingerprint density at radius 3 is 2.80 bits per heavy atom. The lowest BCUT2D eigenvalue weighted by molar-refractivity contribution is -0.124. The van der Waals surface area contributed by atoms with Crippen LogP contribution in [0, 0.1) is 6.92 Å². The molecule has 40 heavy (non-hydrogen) atoms. The quantitative estimate of drug-likeness (QED) is 0.518. The van der Waals surface area contributed by atoms with Gasteiger partial charge in [-0.2, -0.15) is 0 Å². The zero-order valence-electron chi connectivity index (χ0n) is 23.2. The summed E-state index contributed by atoms with van der Waals surface area (Å²) in [6, 6.07) is 12.6. The van der Waals surface area contributed by atoms with E-state index in [4.69, 9.17) is 14.2 Å². The summed E-state index contributed by atoms with van der Waals surface area (Å²) in [5, 5.41) is 11.2. The molecule has 4 bridgehead atoms. The summed E-state index contributed by atoms with van der Waals surface area (Å²) in [7, 11) is 1.62. The standard InChI is InChI=1S/C29H36N6O5/c1-4-38-24-13-22-14-25(15-24)40-23-7-5-6-21(12-23)18-39-27-8-9-34(10-11-35-19-30-32-20(35)2)16-26(27)31-28(36)17-33(3)29(22)37/h5-7,12-15,19,26-27H,4,8-11,16-18H2,1-3H3,(H,31,36)/t26-,27+/m0/s1. The van der Waals surface area contributed by atoms with E-state index in [0.717, 1.165) is 37.4 Å². The molecule has 2 aliphatic rings. The molecule has 2 amide bonds. The molecule has 11 heteroatoms. The van der Waals surface area contributed by atoms with Crippen LogP contribution in [-0.2, 0) is 22.7 Å². The van der Waals surface area contributed by atoms with E-state index in [1.54, 1.807) is 31.6 Å². The number of carbonyl (C=O) groups is 2. The van der Waals surface area contributed by atoms with Gasteiger partial charge in [-0.3, -0.25) is 14.5 Å². The maximum atomic E-state index is 13.3. The molecule has 5 rings (SSSR count). The molecule has 0 saturated carbocycles.